The first-order valence-corrected chi connectivity index (χ1v) is 4.74. The predicted molar refractivity (Wildman–Crippen MR) is 52.6 cm³/mol. The van der Waals surface area contributed by atoms with Crippen molar-refractivity contribution < 1.29 is 4.79 Å². The van der Waals surface area contributed by atoms with Crippen molar-refractivity contribution in [2.24, 2.45) is 11.7 Å². The number of fused-ring (bicyclic) bond motifs is 1. The molecule has 0 radical (unpaired) electrons. The van der Waals surface area contributed by atoms with Crippen molar-refractivity contribution in [1.82, 2.24) is 9.78 Å². The van der Waals surface area contributed by atoms with Gasteiger partial charge in [0.15, 0.2) is 5.69 Å². The molecule has 14 heavy (non-hydrogen) atoms. The van der Waals surface area contributed by atoms with Gasteiger partial charge < -0.3 is 11.5 Å². The van der Waals surface area contributed by atoms with Crippen LogP contribution in [0.4, 0.5) is 5.69 Å². The number of nitrogens with two attached hydrogens (primary N) is 2. The second-order valence-corrected chi connectivity index (χ2v) is 3.89. The fourth-order valence-electron chi connectivity index (χ4n) is 1.87. The highest BCUT2D eigenvalue weighted by molar-refractivity contribution is 5.96. The van der Waals surface area contributed by atoms with Gasteiger partial charge in [-0.25, -0.2) is 0 Å². The first-order chi connectivity index (χ1) is 6.59. The quantitative estimate of drug-likeness (QED) is 0.667. The van der Waals surface area contributed by atoms with Crippen LogP contribution in [0.25, 0.3) is 0 Å². The van der Waals surface area contributed by atoms with Gasteiger partial charge in [0.2, 0.25) is 0 Å². The maximum Gasteiger partial charge on any atom is 0.271 e. The number of aryl methyl sites for hydroxylation is 1. The maximum absolute atomic E-state index is 11.0. The second-order valence-electron chi connectivity index (χ2n) is 3.89. The Morgan fingerprint density at radius 2 is 2.36 bits per heavy atom. The van der Waals surface area contributed by atoms with Gasteiger partial charge in [0.1, 0.15) is 0 Å². The van der Waals surface area contributed by atoms with Crippen LogP contribution in [0.2, 0.25) is 0 Å². The number of carbonyl (C=O) groups is 1. The maximum atomic E-state index is 11.0. The highest BCUT2D eigenvalue weighted by Crippen LogP contribution is 2.26. The lowest BCUT2D eigenvalue weighted by atomic mass is 9.97. The number of nitrogens with zero attached hydrogens (tertiary/aromatic N) is 2. The Bertz CT molecular complexity index is 382. The normalized spacial score (nSPS) is 20.5. The zero-order chi connectivity index (χ0) is 10.3. The summed E-state index contributed by atoms with van der Waals surface area (Å²) in [6.07, 6.45) is 1.96. The zero-order valence-electron chi connectivity index (χ0n) is 8.16. The Morgan fingerprint density at radius 3 is 3.00 bits per heavy atom. The molecule has 2 rings (SSSR count). The van der Waals surface area contributed by atoms with Crippen molar-refractivity contribution in [3.05, 3.63) is 11.4 Å². The molecule has 0 fully saturated rings. The lowest BCUT2D eigenvalue weighted by Crippen LogP contribution is -2.18. The second kappa shape index (κ2) is 3.01. The highest BCUT2D eigenvalue weighted by atomic mass is 16.1. The largest absolute Gasteiger partial charge is 0.395 e. The zero-order valence-corrected chi connectivity index (χ0v) is 8.16. The summed E-state index contributed by atoms with van der Waals surface area (Å²) in [5, 5.41) is 4.10. The van der Waals surface area contributed by atoms with Crippen LogP contribution in [0, 0.1) is 5.92 Å². The topological polar surface area (TPSA) is 86.9 Å². The van der Waals surface area contributed by atoms with Gasteiger partial charge in [-0.2, -0.15) is 5.10 Å². The number of amides is 1. The van der Waals surface area contributed by atoms with Gasteiger partial charge in [-0.3, -0.25) is 9.48 Å². The molecule has 0 saturated heterocycles. The van der Waals surface area contributed by atoms with Crippen molar-refractivity contribution in [1.29, 1.82) is 0 Å². The molecule has 1 aliphatic rings. The molecule has 76 valence electrons. The van der Waals surface area contributed by atoms with Crippen LogP contribution in [0.15, 0.2) is 0 Å². The molecule has 5 nitrogen and oxygen atoms in total. The summed E-state index contributed by atoms with van der Waals surface area (Å²) in [6, 6.07) is 0. The standard InChI is InChI=1S/C9H14N4O/c1-5-2-3-13-6(4-5)7(10)8(12-13)9(11)14/h5H,2-4,10H2,1H3,(H2,11,14). The van der Waals surface area contributed by atoms with E-state index in [1.54, 1.807) is 4.68 Å². The Balaban J connectivity index is 2.46. The number of carbonyl (C=O) groups excluding carboxylic acids is 1. The number of hydrogen-bond acceptors (Lipinski definition) is 3. The van der Waals surface area contributed by atoms with Crippen LogP contribution >= 0.6 is 0 Å². The third-order valence-electron chi connectivity index (χ3n) is 2.71. The molecule has 2 heterocycles. The fraction of sp³-hybridized carbons (Fsp3) is 0.556. The average Bonchev–Trinajstić information content (AvgIpc) is 2.44. The number of primary amides is 1. The number of nitrogen functional groups attached to an aromatic ring is 1. The number of rotatable bonds is 1. The van der Waals surface area contributed by atoms with Gasteiger partial charge in [-0.1, -0.05) is 6.92 Å². The summed E-state index contributed by atoms with van der Waals surface area (Å²) in [7, 11) is 0. The van der Waals surface area contributed by atoms with E-state index in [-0.39, 0.29) is 5.69 Å². The minimum Gasteiger partial charge on any atom is -0.395 e. The third kappa shape index (κ3) is 1.25. The van der Waals surface area contributed by atoms with Crippen LogP contribution in [0.3, 0.4) is 0 Å². The number of hydrogen-bond donors (Lipinski definition) is 2. The summed E-state index contributed by atoms with van der Waals surface area (Å²) in [6.45, 7) is 2.99. The van der Waals surface area contributed by atoms with Gasteiger partial charge in [0.05, 0.1) is 11.4 Å². The van der Waals surface area contributed by atoms with Crippen molar-refractivity contribution in [3.63, 3.8) is 0 Å². The monoisotopic (exact) mass is 194 g/mol. The lowest BCUT2D eigenvalue weighted by Gasteiger charge is -2.19. The fourth-order valence-corrected chi connectivity index (χ4v) is 1.87. The van der Waals surface area contributed by atoms with Crippen molar-refractivity contribution in [3.8, 4) is 0 Å². The molecule has 0 saturated carbocycles. The molecule has 1 amide bonds. The van der Waals surface area contributed by atoms with E-state index < -0.39 is 5.91 Å². The molecule has 5 heteroatoms. The van der Waals surface area contributed by atoms with Crippen LogP contribution in [-0.2, 0) is 13.0 Å². The molecule has 1 unspecified atom stereocenters. The molecule has 0 aliphatic carbocycles. The molecule has 0 aromatic carbocycles. The Labute approximate surface area is 82.1 Å². The minimum absolute atomic E-state index is 0.217. The van der Waals surface area contributed by atoms with Crippen LogP contribution in [0.1, 0.15) is 29.5 Å². The third-order valence-corrected chi connectivity index (χ3v) is 2.71. The van der Waals surface area contributed by atoms with Gasteiger partial charge in [-0.15, -0.1) is 0 Å². The van der Waals surface area contributed by atoms with E-state index in [4.69, 9.17) is 11.5 Å². The van der Waals surface area contributed by atoms with Gasteiger partial charge in [0.25, 0.3) is 5.91 Å². The summed E-state index contributed by atoms with van der Waals surface area (Å²) >= 11 is 0. The summed E-state index contributed by atoms with van der Waals surface area (Å²) in [5.74, 6) is 0.0549. The summed E-state index contributed by atoms with van der Waals surface area (Å²) in [4.78, 5) is 11.0. The summed E-state index contributed by atoms with van der Waals surface area (Å²) < 4.78 is 1.80. The van der Waals surface area contributed by atoms with E-state index in [9.17, 15) is 4.79 Å². The lowest BCUT2D eigenvalue weighted by molar-refractivity contribution is 0.0995. The van der Waals surface area contributed by atoms with Gasteiger partial charge in [-0.05, 0) is 18.8 Å². The molecule has 4 N–H and O–H groups in total. The van der Waals surface area contributed by atoms with Gasteiger partial charge in [0, 0.05) is 6.54 Å². The molecule has 1 atom stereocenters. The molecule has 0 spiro atoms. The predicted octanol–water partition coefficient (Wildman–Crippen LogP) is 0.147. The van der Waals surface area contributed by atoms with Crippen molar-refractivity contribution >= 4 is 11.6 Å². The van der Waals surface area contributed by atoms with E-state index >= 15 is 0 Å². The Morgan fingerprint density at radius 1 is 1.64 bits per heavy atom. The van der Waals surface area contributed by atoms with Crippen LogP contribution in [-0.4, -0.2) is 15.7 Å². The van der Waals surface area contributed by atoms with Crippen LogP contribution < -0.4 is 11.5 Å². The smallest absolute Gasteiger partial charge is 0.271 e. The molecular formula is C9H14N4O. The molecule has 0 bridgehead atoms. The average molecular weight is 194 g/mol. The van der Waals surface area contributed by atoms with Crippen molar-refractivity contribution in [2.75, 3.05) is 5.73 Å². The van der Waals surface area contributed by atoms with E-state index in [0.717, 1.165) is 25.1 Å². The Kier molecular flexibility index (Phi) is 1.94. The highest BCUT2D eigenvalue weighted by Gasteiger charge is 2.23. The first kappa shape index (κ1) is 9.05. The summed E-state index contributed by atoms with van der Waals surface area (Å²) in [5.41, 5.74) is 12.6. The molecular weight excluding hydrogens is 180 g/mol. The van der Waals surface area contributed by atoms with E-state index in [1.165, 1.54) is 0 Å². The molecule has 1 aromatic heterocycles. The number of anilines is 1. The van der Waals surface area contributed by atoms with Crippen molar-refractivity contribution in [2.45, 2.75) is 26.3 Å². The molecule has 1 aromatic rings. The van der Waals surface area contributed by atoms with Crippen LogP contribution in [0.5, 0.6) is 0 Å². The SMILES string of the molecule is CC1CCn2nc(C(N)=O)c(N)c2C1. The molecule has 1 aliphatic heterocycles. The Hall–Kier alpha value is -1.52. The first-order valence-electron chi connectivity index (χ1n) is 4.74. The van der Waals surface area contributed by atoms with E-state index in [0.29, 0.717) is 11.6 Å². The van der Waals surface area contributed by atoms with E-state index in [2.05, 4.69) is 12.0 Å². The van der Waals surface area contributed by atoms with E-state index in [1.807, 2.05) is 0 Å². The number of aromatic nitrogens is 2. The van der Waals surface area contributed by atoms with Gasteiger partial charge >= 0.3 is 0 Å². The minimum atomic E-state index is -0.544.